The Labute approximate surface area is 102 Å². The minimum Gasteiger partial charge on any atom is -0.326 e. The van der Waals surface area contributed by atoms with Crippen LogP contribution in [-0.2, 0) is 4.79 Å². The summed E-state index contributed by atoms with van der Waals surface area (Å²) in [5.41, 5.74) is 2.19. The average Bonchev–Trinajstić information content (AvgIpc) is 2.27. The van der Waals surface area contributed by atoms with E-state index in [0.29, 0.717) is 5.92 Å². The van der Waals surface area contributed by atoms with Gasteiger partial charge in [0.15, 0.2) is 0 Å². The van der Waals surface area contributed by atoms with E-state index in [4.69, 9.17) is 0 Å². The monoisotopic (exact) mass is 227 g/mol. The molecule has 2 nitrogen and oxygen atoms in total. The summed E-state index contributed by atoms with van der Waals surface area (Å²) in [7, 11) is 0. The molecule has 88 valence electrons. The maximum Gasteiger partial charge on any atom is 0.221 e. The van der Waals surface area contributed by atoms with E-state index >= 15 is 0 Å². The summed E-state index contributed by atoms with van der Waals surface area (Å²) in [6, 6.07) is 12.4. The fourth-order valence-electron chi connectivity index (χ4n) is 1.90. The van der Waals surface area contributed by atoms with E-state index in [1.165, 1.54) is 17.9 Å². The lowest BCUT2D eigenvalue weighted by atomic mass is 9.99. The maximum absolute atomic E-state index is 11.0. The molecule has 0 heterocycles. The van der Waals surface area contributed by atoms with Crippen molar-refractivity contribution in [3.63, 3.8) is 0 Å². The van der Waals surface area contributed by atoms with Crippen LogP contribution in [0.1, 0.15) is 32.3 Å². The summed E-state index contributed by atoms with van der Waals surface area (Å²) in [6.07, 6.45) is 0. The first-order valence-electron chi connectivity index (χ1n) is 5.87. The molecule has 0 saturated heterocycles. The number of carbonyl (C=O) groups is 1. The minimum atomic E-state index is -0.0387. The van der Waals surface area contributed by atoms with E-state index in [2.05, 4.69) is 37.4 Å². The van der Waals surface area contributed by atoms with Crippen LogP contribution < -0.4 is 5.32 Å². The largest absolute Gasteiger partial charge is 0.326 e. The van der Waals surface area contributed by atoms with Crippen LogP contribution >= 0.6 is 0 Å². The van der Waals surface area contributed by atoms with Crippen molar-refractivity contribution in [3.05, 3.63) is 42.0 Å². The third-order valence-electron chi connectivity index (χ3n) is 2.85. The smallest absolute Gasteiger partial charge is 0.221 e. The molecule has 2 rings (SSSR count). The Morgan fingerprint density at radius 1 is 1.06 bits per heavy atom. The zero-order valence-electron chi connectivity index (χ0n) is 10.4. The van der Waals surface area contributed by atoms with Crippen LogP contribution in [0.25, 0.3) is 10.8 Å². The molecule has 0 aromatic heterocycles. The molecule has 2 heteroatoms. The number of hydrogen-bond acceptors (Lipinski definition) is 1. The number of benzene rings is 2. The van der Waals surface area contributed by atoms with E-state index in [1.54, 1.807) is 0 Å². The molecule has 0 aliphatic heterocycles. The van der Waals surface area contributed by atoms with Gasteiger partial charge >= 0.3 is 0 Å². The first-order valence-corrected chi connectivity index (χ1v) is 5.87. The molecule has 1 N–H and O–H groups in total. The highest BCUT2D eigenvalue weighted by atomic mass is 16.1. The van der Waals surface area contributed by atoms with Gasteiger partial charge in [0, 0.05) is 12.6 Å². The Morgan fingerprint density at radius 3 is 2.35 bits per heavy atom. The van der Waals surface area contributed by atoms with Crippen LogP contribution in [-0.4, -0.2) is 5.91 Å². The normalized spacial score (nSPS) is 10.8. The van der Waals surface area contributed by atoms with Crippen LogP contribution in [0.15, 0.2) is 36.4 Å². The van der Waals surface area contributed by atoms with Gasteiger partial charge in [0.2, 0.25) is 5.91 Å². The van der Waals surface area contributed by atoms with Crippen molar-refractivity contribution in [1.82, 2.24) is 0 Å². The molecule has 17 heavy (non-hydrogen) atoms. The third-order valence-corrected chi connectivity index (χ3v) is 2.85. The third kappa shape index (κ3) is 2.64. The predicted octanol–water partition coefficient (Wildman–Crippen LogP) is 3.92. The van der Waals surface area contributed by atoms with E-state index in [1.807, 2.05) is 18.2 Å². The Balaban J connectivity index is 2.43. The number of nitrogens with one attached hydrogen (secondary N) is 1. The van der Waals surface area contributed by atoms with Crippen molar-refractivity contribution < 1.29 is 4.79 Å². The Bertz CT molecular complexity index is 558. The van der Waals surface area contributed by atoms with E-state index in [-0.39, 0.29) is 5.91 Å². The minimum absolute atomic E-state index is 0.0387. The van der Waals surface area contributed by atoms with Crippen LogP contribution in [0.5, 0.6) is 0 Å². The van der Waals surface area contributed by atoms with Crippen LogP contribution in [0.3, 0.4) is 0 Å². The SMILES string of the molecule is CC(=O)Nc1ccc2cc(C(C)C)ccc2c1. The van der Waals surface area contributed by atoms with Gasteiger partial charge in [-0.05, 0) is 34.4 Å². The Kier molecular flexibility index (Phi) is 3.14. The van der Waals surface area contributed by atoms with Crippen LogP contribution in [0.2, 0.25) is 0 Å². The molecule has 2 aromatic rings. The predicted molar refractivity (Wildman–Crippen MR) is 72.3 cm³/mol. The second kappa shape index (κ2) is 4.58. The summed E-state index contributed by atoms with van der Waals surface area (Å²) in [6.45, 7) is 5.89. The second-order valence-corrected chi connectivity index (χ2v) is 4.66. The van der Waals surface area contributed by atoms with Gasteiger partial charge in [0.25, 0.3) is 0 Å². The van der Waals surface area contributed by atoms with Gasteiger partial charge in [-0.1, -0.05) is 38.1 Å². The molecule has 0 radical (unpaired) electrons. The molecular weight excluding hydrogens is 210 g/mol. The first-order chi connectivity index (χ1) is 8.06. The lowest BCUT2D eigenvalue weighted by Crippen LogP contribution is -2.05. The van der Waals surface area contributed by atoms with Gasteiger partial charge in [-0.3, -0.25) is 4.79 Å². The summed E-state index contributed by atoms with van der Waals surface area (Å²) in [5.74, 6) is 0.498. The van der Waals surface area contributed by atoms with Crippen LogP contribution in [0.4, 0.5) is 5.69 Å². The maximum atomic E-state index is 11.0. The molecule has 0 fully saturated rings. The number of hydrogen-bond donors (Lipinski definition) is 1. The fraction of sp³-hybridized carbons (Fsp3) is 0.267. The van der Waals surface area contributed by atoms with Gasteiger partial charge in [-0.2, -0.15) is 0 Å². The topological polar surface area (TPSA) is 29.1 Å². The molecule has 0 spiro atoms. The zero-order chi connectivity index (χ0) is 12.4. The lowest BCUT2D eigenvalue weighted by molar-refractivity contribution is -0.114. The summed E-state index contributed by atoms with van der Waals surface area (Å²) in [4.78, 5) is 11.0. The fourth-order valence-corrected chi connectivity index (χ4v) is 1.90. The lowest BCUT2D eigenvalue weighted by Gasteiger charge is -2.08. The molecule has 0 bridgehead atoms. The molecule has 0 aliphatic rings. The molecule has 0 atom stereocenters. The molecule has 0 unspecified atom stereocenters. The van der Waals surface area contributed by atoms with Crippen LogP contribution in [0, 0.1) is 0 Å². The number of anilines is 1. The quantitative estimate of drug-likeness (QED) is 0.827. The highest BCUT2D eigenvalue weighted by Crippen LogP contribution is 2.23. The van der Waals surface area contributed by atoms with Crippen molar-refractivity contribution in [2.24, 2.45) is 0 Å². The highest BCUT2D eigenvalue weighted by Gasteiger charge is 2.02. The average molecular weight is 227 g/mol. The van der Waals surface area contributed by atoms with Crippen molar-refractivity contribution in [3.8, 4) is 0 Å². The van der Waals surface area contributed by atoms with E-state index in [0.717, 1.165) is 11.1 Å². The highest BCUT2D eigenvalue weighted by molar-refractivity contribution is 5.93. The number of rotatable bonds is 2. The summed E-state index contributed by atoms with van der Waals surface area (Å²) >= 11 is 0. The second-order valence-electron chi connectivity index (χ2n) is 4.66. The number of amides is 1. The zero-order valence-corrected chi connectivity index (χ0v) is 10.4. The molecule has 0 aliphatic carbocycles. The van der Waals surface area contributed by atoms with Crippen molar-refractivity contribution in [2.45, 2.75) is 26.7 Å². The first kappa shape index (κ1) is 11.6. The summed E-state index contributed by atoms with van der Waals surface area (Å²) < 4.78 is 0. The van der Waals surface area contributed by atoms with Gasteiger partial charge < -0.3 is 5.32 Å². The number of carbonyl (C=O) groups excluding carboxylic acids is 1. The molecule has 2 aromatic carbocycles. The number of fused-ring (bicyclic) bond motifs is 1. The van der Waals surface area contributed by atoms with Gasteiger partial charge in [0.1, 0.15) is 0 Å². The molecule has 1 amide bonds. The van der Waals surface area contributed by atoms with Gasteiger partial charge in [0.05, 0.1) is 0 Å². The van der Waals surface area contributed by atoms with Gasteiger partial charge in [-0.25, -0.2) is 0 Å². The van der Waals surface area contributed by atoms with E-state index < -0.39 is 0 Å². The standard InChI is InChI=1S/C15H17NO/c1-10(2)12-4-5-14-9-15(16-11(3)17)7-6-13(14)8-12/h4-10H,1-3H3,(H,16,17). The molecular formula is C15H17NO. The van der Waals surface area contributed by atoms with E-state index in [9.17, 15) is 4.79 Å². The van der Waals surface area contributed by atoms with Crippen molar-refractivity contribution in [2.75, 3.05) is 5.32 Å². The van der Waals surface area contributed by atoms with Crippen molar-refractivity contribution in [1.29, 1.82) is 0 Å². The Morgan fingerprint density at radius 2 is 1.71 bits per heavy atom. The Hall–Kier alpha value is -1.83. The van der Waals surface area contributed by atoms with Crippen molar-refractivity contribution >= 4 is 22.4 Å². The summed E-state index contributed by atoms with van der Waals surface area (Å²) in [5, 5.41) is 5.16. The van der Waals surface area contributed by atoms with Gasteiger partial charge in [-0.15, -0.1) is 0 Å². The molecule has 0 saturated carbocycles.